The highest BCUT2D eigenvalue weighted by molar-refractivity contribution is 5.76. The van der Waals surface area contributed by atoms with Crippen LogP contribution < -0.4 is 15.8 Å². The van der Waals surface area contributed by atoms with Crippen molar-refractivity contribution in [2.75, 3.05) is 12.3 Å². The van der Waals surface area contributed by atoms with Gasteiger partial charge >= 0.3 is 0 Å². The number of ether oxygens (including phenoxy) is 1. The highest BCUT2D eigenvalue weighted by atomic mass is 16.5. The van der Waals surface area contributed by atoms with Crippen LogP contribution in [0.1, 0.15) is 23.4 Å². The molecule has 6 nitrogen and oxygen atoms in total. The molecule has 1 aromatic carbocycles. The molecule has 3 N–H and O–H groups in total. The number of nitrogens with two attached hydrogens (primary N) is 1. The summed E-state index contributed by atoms with van der Waals surface area (Å²) in [6, 6.07) is 7.06. The Morgan fingerprint density at radius 2 is 2.05 bits per heavy atom. The normalized spacial score (nSPS) is 10.4. The molecule has 21 heavy (non-hydrogen) atoms. The Morgan fingerprint density at radius 3 is 2.67 bits per heavy atom. The van der Waals surface area contributed by atoms with Crippen LogP contribution in [0.3, 0.4) is 0 Å². The third kappa shape index (κ3) is 4.24. The number of rotatable bonds is 6. The Hall–Kier alpha value is -2.50. The van der Waals surface area contributed by atoms with Gasteiger partial charge in [-0.2, -0.15) is 0 Å². The van der Waals surface area contributed by atoms with E-state index in [2.05, 4.69) is 10.5 Å². The number of nitrogens with zero attached hydrogens (tertiary/aromatic N) is 1. The van der Waals surface area contributed by atoms with Crippen molar-refractivity contribution < 1.29 is 14.1 Å². The first-order chi connectivity index (χ1) is 10.1. The summed E-state index contributed by atoms with van der Waals surface area (Å²) < 4.78 is 10.5. The predicted molar refractivity (Wildman–Crippen MR) is 78.8 cm³/mol. The zero-order chi connectivity index (χ0) is 15.2. The van der Waals surface area contributed by atoms with Gasteiger partial charge in [0.15, 0.2) is 0 Å². The lowest BCUT2D eigenvalue weighted by Gasteiger charge is -2.07. The van der Waals surface area contributed by atoms with E-state index in [1.807, 2.05) is 13.8 Å². The average Bonchev–Trinajstić information content (AvgIpc) is 2.78. The zero-order valence-electron chi connectivity index (χ0n) is 12.2. The standard InChI is InChI=1S/C15H19N3O3/c1-10-14(11(2)21-18-10)9-17-15(19)7-8-20-13-5-3-12(16)4-6-13/h3-6H,7-9,16H2,1-2H3,(H,17,19). The Kier molecular flexibility index (Phi) is 4.81. The summed E-state index contributed by atoms with van der Waals surface area (Å²) in [6.07, 6.45) is 0.285. The van der Waals surface area contributed by atoms with Crippen LogP contribution in [0.2, 0.25) is 0 Å². The fourth-order valence-corrected chi connectivity index (χ4v) is 1.86. The number of anilines is 1. The highest BCUT2D eigenvalue weighted by Gasteiger charge is 2.10. The molecule has 2 rings (SSSR count). The second kappa shape index (κ2) is 6.78. The van der Waals surface area contributed by atoms with Crippen molar-refractivity contribution in [1.82, 2.24) is 10.5 Å². The first kappa shape index (κ1) is 14.9. The summed E-state index contributed by atoms with van der Waals surface area (Å²) in [4.78, 5) is 11.7. The van der Waals surface area contributed by atoms with Crippen molar-refractivity contribution in [2.24, 2.45) is 0 Å². The molecule has 0 radical (unpaired) electrons. The largest absolute Gasteiger partial charge is 0.493 e. The molecule has 0 unspecified atom stereocenters. The van der Waals surface area contributed by atoms with Crippen LogP contribution in [0.5, 0.6) is 5.75 Å². The SMILES string of the molecule is Cc1noc(C)c1CNC(=O)CCOc1ccc(N)cc1. The molecule has 6 heteroatoms. The molecule has 0 atom stereocenters. The topological polar surface area (TPSA) is 90.4 Å². The molecule has 0 saturated carbocycles. The zero-order valence-corrected chi connectivity index (χ0v) is 12.2. The number of aryl methyl sites for hydroxylation is 2. The van der Waals surface area contributed by atoms with Gasteiger partial charge in [0.1, 0.15) is 11.5 Å². The first-order valence-corrected chi connectivity index (χ1v) is 6.73. The molecule has 0 bridgehead atoms. The summed E-state index contributed by atoms with van der Waals surface area (Å²) in [5, 5.41) is 6.66. The number of carbonyl (C=O) groups excluding carboxylic acids is 1. The molecule has 0 aliphatic rings. The van der Waals surface area contributed by atoms with Gasteiger partial charge in [-0.3, -0.25) is 4.79 Å². The number of nitrogen functional groups attached to an aromatic ring is 1. The second-order valence-electron chi connectivity index (χ2n) is 4.75. The number of amides is 1. The monoisotopic (exact) mass is 289 g/mol. The number of nitrogens with one attached hydrogen (secondary N) is 1. The van der Waals surface area contributed by atoms with E-state index < -0.39 is 0 Å². The summed E-state index contributed by atoms with van der Waals surface area (Å²) in [5.74, 6) is 1.35. The maximum atomic E-state index is 11.7. The summed E-state index contributed by atoms with van der Waals surface area (Å²) >= 11 is 0. The second-order valence-corrected chi connectivity index (χ2v) is 4.75. The van der Waals surface area contributed by atoms with Gasteiger partial charge in [-0.25, -0.2) is 0 Å². The highest BCUT2D eigenvalue weighted by Crippen LogP contribution is 2.13. The molecular formula is C15H19N3O3. The lowest BCUT2D eigenvalue weighted by Crippen LogP contribution is -2.24. The number of hydrogen-bond acceptors (Lipinski definition) is 5. The van der Waals surface area contributed by atoms with Crippen LogP contribution in [-0.4, -0.2) is 17.7 Å². The van der Waals surface area contributed by atoms with E-state index in [-0.39, 0.29) is 12.3 Å². The number of carbonyl (C=O) groups is 1. The van der Waals surface area contributed by atoms with Crippen LogP contribution in [0, 0.1) is 13.8 Å². The van der Waals surface area contributed by atoms with E-state index in [1.54, 1.807) is 24.3 Å². The maximum absolute atomic E-state index is 11.7. The van der Waals surface area contributed by atoms with Gasteiger partial charge < -0.3 is 20.3 Å². The Morgan fingerprint density at radius 1 is 1.33 bits per heavy atom. The fraction of sp³-hybridized carbons (Fsp3) is 0.333. The molecule has 1 aromatic heterocycles. The number of hydrogen-bond donors (Lipinski definition) is 2. The minimum atomic E-state index is -0.0783. The van der Waals surface area contributed by atoms with Crippen molar-refractivity contribution in [3.05, 3.63) is 41.3 Å². The summed E-state index contributed by atoms with van der Waals surface area (Å²) in [5.41, 5.74) is 7.98. The van der Waals surface area contributed by atoms with Gasteiger partial charge in [0.25, 0.3) is 0 Å². The van der Waals surface area contributed by atoms with Crippen LogP contribution in [0.15, 0.2) is 28.8 Å². The molecule has 0 aliphatic heterocycles. The quantitative estimate of drug-likeness (QED) is 0.793. The first-order valence-electron chi connectivity index (χ1n) is 6.73. The molecule has 112 valence electrons. The van der Waals surface area contributed by atoms with E-state index in [0.717, 1.165) is 17.0 Å². The fourth-order valence-electron chi connectivity index (χ4n) is 1.86. The maximum Gasteiger partial charge on any atom is 0.223 e. The molecule has 1 amide bonds. The van der Waals surface area contributed by atoms with Gasteiger partial charge in [0.2, 0.25) is 5.91 Å². The lowest BCUT2D eigenvalue weighted by atomic mass is 10.2. The number of aromatic nitrogens is 1. The van der Waals surface area contributed by atoms with Crippen LogP contribution >= 0.6 is 0 Å². The minimum absolute atomic E-state index is 0.0783. The Bertz CT molecular complexity index is 586. The third-order valence-electron chi connectivity index (χ3n) is 3.12. The van der Waals surface area contributed by atoms with E-state index in [4.69, 9.17) is 15.0 Å². The Labute approximate surface area is 123 Å². The van der Waals surface area contributed by atoms with E-state index >= 15 is 0 Å². The molecule has 0 saturated heterocycles. The number of benzene rings is 1. The lowest BCUT2D eigenvalue weighted by molar-refractivity contribution is -0.121. The van der Waals surface area contributed by atoms with E-state index in [1.165, 1.54) is 0 Å². The molecular weight excluding hydrogens is 270 g/mol. The van der Waals surface area contributed by atoms with Crippen LogP contribution in [-0.2, 0) is 11.3 Å². The average molecular weight is 289 g/mol. The van der Waals surface area contributed by atoms with Crippen LogP contribution in [0.25, 0.3) is 0 Å². The van der Waals surface area contributed by atoms with Crippen LogP contribution in [0.4, 0.5) is 5.69 Å². The van der Waals surface area contributed by atoms with Gasteiger partial charge in [-0.05, 0) is 38.1 Å². The van der Waals surface area contributed by atoms with Crippen molar-refractivity contribution in [3.8, 4) is 5.75 Å². The van der Waals surface area contributed by atoms with Crippen molar-refractivity contribution >= 4 is 11.6 Å². The summed E-state index contributed by atoms with van der Waals surface area (Å²) in [6.45, 7) is 4.41. The molecule has 0 spiro atoms. The Balaban J connectivity index is 1.71. The van der Waals surface area contributed by atoms with Gasteiger partial charge in [-0.15, -0.1) is 0 Å². The summed E-state index contributed by atoms with van der Waals surface area (Å²) in [7, 11) is 0. The molecule has 1 heterocycles. The van der Waals surface area contributed by atoms with Gasteiger partial charge in [-0.1, -0.05) is 5.16 Å². The smallest absolute Gasteiger partial charge is 0.223 e. The van der Waals surface area contributed by atoms with Gasteiger partial charge in [0, 0.05) is 17.8 Å². The van der Waals surface area contributed by atoms with Crippen molar-refractivity contribution in [2.45, 2.75) is 26.8 Å². The third-order valence-corrected chi connectivity index (χ3v) is 3.12. The van der Waals surface area contributed by atoms with Crippen molar-refractivity contribution in [1.29, 1.82) is 0 Å². The van der Waals surface area contributed by atoms with Crippen molar-refractivity contribution in [3.63, 3.8) is 0 Å². The minimum Gasteiger partial charge on any atom is -0.493 e. The molecule has 2 aromatic rings. The van der Waals surface area contributed by atoms with Gasteiger partial charge in [0.05, 0.1) is 18.7 Å². The van der Waals surface area contributed by atoms with E-state index in [9.17, 15) is 4.79 Å². The molecule has 0 aliphatic carbocycles. The van der Waals surface area contributed by atoms with E-state index in [0.29, 0.717) is 24.6 Å². The predicted octanol–water partition coefficient (Wildman–Crippen LogP) is 1.96. The molecule has 0 fully saturated rings.